The van der Waals surface area contributed by atoms with Gasteiger partial charge in [0.25, 0.3) is 0 Å². The van der Waals surface area contributed by atoms with Gasteiger partial charge in [-0.05, 0) is 28.5 Å². The van der Waals surface area contributed by atoms with E-state index < -0.39 is 0 Å². The highest BCUT2D eigenvalue weighted by Crippen LogP contribution is 2.27. The summed E-state index contributed by atoms with van der Waals surface area (Å²) in [5.74, 6) is 0. The van der Waals surface area contributed by atoms with Crippen LogP contribution in [-0.2, 0) is 6.54 Å². The van der Waals surface area contributed by atoms with E-state index in [1.807, 2.05) is 12.1 Å². The second kappa shape index (κ2) is 5.43. The van der Waals surface area contributed by atoms with E-state index in [4.69, 9.17) is 17.3 Å². The molecule has 0 bridgehead atoms. The summed E-state index contributed by atoms with van der Waals surface area (Å²) in [6.45, 7) is 0.714. The highest BCUT2D eigenvalue weighted by molar-refractivity contribution is 6.33. The largest absolute Gasteiger partial charge is 0.396 e. The zero-order valence-electron chi connectivity index (χ0n) is 10.9. The van der Waals surface area contributed by atoms with Gasteiger partial charge < -0.3 is 11.1 Å². The van der Waals surface area contributed by atoms with Crippen LogP contribution in [0.2, 0.25) is 5.02 Å². The van der Waals surface area contributed by atoms with Crippen molar-refractivity contribution in [3.05, 3.63) is 71.2 Å². The predicted molar refractivity (Wildman–Crippen MR) is 87.1 cm³/mol. The molecular weight excluding hydrogens is 268 g/mol. The molecule has 0 heterocycles. The summed E-state index contributed by atoms with van der Waals surface area (Å²) in [7, 11) is 0. The van der Waals surface area contributed by atoms with Gasteiger partial charge in [0.1, 0.15) is 0 Å². The minimum atomic E-state index is 0.577. The smallest absolute Gasteiger partial charge is 0.0739 e. The van der Waals surface area contributed by atoms with Crippen molar-refractivity contribution in [3.63, 3.8) is 0 Å². The molecule has 0 aliphatic carbocycles. The SMILES string of the molecule is Nc1c(Cl)cccc1NCc1cccc2ccccc12. The van der Waals surface area contributed by atoms with Crippen LogP contribution in [0, 0.1) is 0 Å². The van der Waals surface area contributed by atoms with E-state index in [1.165, 1.54) is 16.3 Å². The van der Waals surface area contributed by atoms with Crippen LogP contribution in [0.15, 0.2) is 60.7 Å². The number of fused-ring (bicyclic) bond motifs is 1. The molecule has 0 aromatic heterocycles. The van der Waals surface area contributed by atoms with Crippen molar-refractivity contribution < 1.29 is 0 Å². The van der Waals surface area contributed by atoms with Crippen LogP contribution in [0.3, 0.4) is 0 Å². The summed E-state index contributed by atoms with van der Waals surface area (Å²) in [5.41, 5.74) is 8.66. The summed E-state index contributed by atoms with van der Waals surface area (Å²) in [5, 5.41) is 6.42. The number of anilines is 2. The quantitative estimate of drug-likeness (QED) is 0.684. The molecule has 0 radical (unpaired) electrons. The fourth-order valence-corrected chi connectivity index (χ4v) is 2.50. The van der Waals surface area contributed by atoms with E-state index in [0.29, 0.717) is 17.3 Å². The van der Waals surface area contributed by atoms with Crippen LogP contribution in [-0.4, -0.2) is 0 Å². The molecule has 3 aromatic rings. The maximum atomic E-state index is 6.03. The van der Waals surface area contributed by atoms with Crippen LogP contribution in [0.5, 0.6) is 0 Å². The molecule has 0 saturated heterocycles. The van der Waals surface area contributed by atoms with E-state index in [0.717, 1.165) is 5.69 Å². The van der Waals surface area contributed by atoms with Crippen LogP contribution in [0.1, 0.15) is 5.56 Å². The van der Waals surface area contributed by atoms with Gasteiger partial charge in [-0.1, -0.05) is 60.1 Å². The van der Waals surface area contributed by atoms with E-state index in [2.05, 4.69) is 47.8 Å². The normalized spacial score (nSPS) is 10.7. The lowest BCUT2D eigenvalue weighted by Crippen LogP contribution is -2.03. The second-order valence-electron chi connectivity index (χ2n) is 4.69. The van der Waals surface area contributed by atoms with Gasteiger partial charge in [-0.15, -0.1) is 0 Å². The third kappa shape index (κ3) is 2.43. The molecular formula is C17H15ClN2. The van der Waals surface area contributed by atoms with Crippen LogP contribution < -0.4 is 11.1 Å². The Balaban J connectivity index is 1.89. The molecule has 0 aliphatic heterocycles. The molecule has 2 nitrogen and oxygen atoms in total. The Morgan fingerprint density at radius 1 is 0.900 bits per heavy atom. The minimum absolute atomic E-state index is 0.577. The molecule has 20 heavy (non-hydrogen) atoms. The molecule has 0 saturated carbocycles. The highest BCUT2D eigenvalue weighted by atomic mass is 35.5. The number of nitrogen functional groups attached to an aromatic ring is 1. The summed E-state index contributed by atoms with van der Waals surface area (Å²) in [6.07, 6.45) is 0. The second-order valence-corrected chi connectivity index (χ2v) is 5.10. The lowest BCUT2D eigenvalue weighted by molar-refractivity contribution is 1.17. The van der Waals surface area contributed by atoms with Crippen molar-refractivity contribution in [2.75, 3.05) is 11.1 Å². The Hall–Kier alpha value is -2.19. The molecule has 3 rings (SSSR count). The van der Waals surface area contributed by atoms with E-state index >= 15 is 0 Å². The number of hydrogen-bond donors (Lipinski definition) is 2. The van der Waals surface area contributed by atoms with Crippen molar-refractivity contribution in [1.82, 2.24) is 0 Å². The molecule has 3 N–H and O–H groups in total. The first kappa shape index (κ1) is 12.8. The zero-order valence-corrected chi connectivity index (χ0v) is 11.7. The van der Waals surface area contributed by atoms with Gasteiger partial charge in [-0.2, -0.15) is 0 Å². The van der Waals surface area contributed by atoms with Crippen molar-refractivity contribution >= 4 is 33.7 Å². The third-order valence-electron chi connectivity index (χ3n) is 3.40. The number of nitrogens with one attached hydrogen (secondary N) is 1. The van der Waals surface area contributed by atoms with Crippen LogP contribution in [0.25, 0.3) is 10.8 Å². The first-order valence-electron chi connectivity index (χ1n) is 6.50. The van der Waals surface area contributed by atoms with E-state index in [9.17, 15) is 0 Å². The number of para-hydroxylation sites is 1. The molecule has 0 amide bonds. The third-order valence-corrected chi connectivity index (χ3v) is 3.73. The van der Waals surface area contributed by atoms with Crippen molar-refractivity contribution in [2.45, 2.75) is 6.54 Å². The maximum absolute atomic E-state index is 6.03. The Morgan fingerprint density at radius 3 is 2.55 bits per heavy atom. The molecule has 100 valence electrons. The van der Waals surface area contributed by atoms with Crippen LogP contribution >= 0.6 is 11.6 Å². The monoisotopic (exact) mass is 282 g/mol. The Bertz CT molecular complexity index is 748. The van der Waals surface area contributed by atoms with Gasteiger partial charge in [0.15, 0.2) is 0 Å². The van der Waals surface area contributed by atoms with Gasteiger partial charge in [0.05, 0.1) is 16.4 Å². The fraction of sp³-hybridized carbons (Fsp3) is 0.0588. The number of hydrogen-bond acceptors (Lipinski definition) is 2. The van der Waals surface area contributed by atoms with Gasteiger partial charge in [0, 0.05) is 6.54 Å². The van der Waals surface area contributed by atoms with Crippen molar-refractivity contribution in [1.29, 1.82) is 0 Å². The highest BCUT2D eigenvalue weighted by Gasteiger charge is 2.04. The lowest BCUT2D eigenvalue weighted by Gasteiger charge is -2.12. The van der Waals surface area contributed by atoms with Gasteiger partial charge in [-0.3, -0.25) is 0 Å². The number of nitrogens with two attached hydrogens (primary N) is 1. The number of benzene rings is 3. The minimum Gasteiger partial charge on any atom is -0.396 e. The van der Waals surface area contributed by atoms with Crippen molar-refractivity contribution in [3.8, 4) is 0 Å². The first-order valence-corrected chi connectivity index (χ1v) is 6.88. The van der Waals surface area contributed by atoms with Gasteiger partial charge in [-0.25, -0.2) is 0 Å². The summed E-state index contributed by atoms with van der Waals surface area (Å²) < 4.78 is 0. The number of rotatable bonds is 3. The Labute approximate surface area is 123 Å². The Morgan fingerprint density at radius 2 is 1.65 bits per heavy atom. The van der Waals surface area contributed by atoms with E-state index in [1.54, 1.807) is 6.07 Å². The summed E-state index contributed by atoms with van der Waals surface area (Å²) in [6, 6.07) is 20.3. The molecule has 3 heteroatoms. The maximum Gasteiger partial charge on any atom is 0.0739 e. The first-order chi connectivity index (χ1) is 9.75. The predicted octanol–water partition coefficient (Wildman–Crippen LogP) is 4.69. The van der Waals surface area contributed by atoms with Gasteiger partial charge >= 0.3 is 0 Å². The zero-order chi connectivity index (χ0) is 13.9. The molecule has 0 spiro atoms. The molecule has 0 fully saturated rings. The Kier molecular flexibility index (Phi) is 3.48. The molecule has 0 aliphatic rings. The summed E-state index contributed by atoms with van der Waals surface area (Å²) in [4.78, 5) is 0. The number of halogens is 1. The van der Waals surface area contributed by atoms with Gasteiger partial charge in [0.2, 0.25) is 0 Å². The lowest BCUT2D eigenvalue weighted by atomic mass is 10.0. The van der Waals surface area contributed by atoms with Crippen molar-refractivity contribution in [2.24, 2.45) is 0 Å². The van der Waals surface area contributed by atoms with E-state index in [-0.39, 0.29) is 0 Å². The molecule has 3 aromatic carbocycles. The summed E-state index contributed by atoms with van der Waals surface area (Å²) >= 11 is 6.03. The fourth-order valence-electron chi connectivity index (χ4n) is 2.33. The average molecular weight is 283 g/mol. The van der Waals surface area contributed by atoms with Crippen LogP contribution in [0.4, 0.5) is 11.4 Å². The molecule has 0 unspecified atom stereocenters. The average Bonchev–Trinajstić information content (AvgIpc) is 2.49. The topological polar surface area (TPSA) is 38.0 Å². The standard InChI is InChI=1S/C17H15ClN2/c18-15-9-4-10-16(17(15)19)20-11-13-7-3-6-12-5-1-2-8-14(12)13/h1-10,20H,11,19H2. The molecule has 0 atom stereocenters.